The van der Waals surface area contributed by atoms with E-state index >= 15 is 0 Å². The van der Waals surface area contributed by atoms with E-state index in [2.05, 4.69) is 5.32 Å². The predicted octanol–water partition coefficient (Wildman–Crippen LogP) is 4.13. The van der Waals surface area contributed by atoms with Gasteiger partial charge in [-0.05, 0) is 30.3 Å². The Bertz CT molecular complexity index is 856. The molecule has 1 aromatic carbocycles. The summed E-state index contributed by atoms with van der Waals surface area (Å²) < 4.78 is 5.22. The van der Waals surface area contributed by atoms with Crippen LogP contribution >= 0.6 is 23.2 Å². The molecule has 0 atom stereocenters. The molecule has 0 spiro atoms. The number of aromatic carboxylic acids is 1. The predicted molar refractivity (Wildman–Crippen MR) is 78.8 cm³/mol. The fourth-order valence-electron chi connectivity index (χ4n) is 2.06. The Hall–Kier alpha value is -2.24. The molecule has 0 radical (unpaired) electrons. The van der Waals surface area contributed by atoms with Crippen LogP contribution in [0.25, 0.3) is 11.2 Å². The fraction of sp³-hybridized carbons (Fsp3) is 0. The lowest BCUT2D eigenvalue weighted by Crippen LogP contribution is -2.15. The first-order valence-corrected chi connectivity index (χ1v) is 6.57. The highest BCUT2D eigenvalue weighted by atomic mass is 35.5. The second kappa shape index (κ2) is 4.95. The van der Waals surface area contributed by atoms with Gasteiger partial charge < -0.3 is 14.8 Å². The number of carbonyl (C=O) groups is 2. The van der Waals surface area contributed by atoms with Gasteiger partial charge in [0.15, 0.2) is 0 Å². The molecule has 0 fully saturated rings. The van der Waals surface area contributed by atoms with Crippen LogP contribution in [0.3, 0.4) is 0 Å². The molecule has 106 valence electrons. The van der Waals surface area contributed by atoms with E-state index in [-0.39, 0.29) is 27.3 Å². The van der Waals surface area contributed by atoms with E-state index < -0.39 is 11.9 Å². The average Bonchev–Trinajstić information content (AvgIpc) is 3.03. The lowest BCUT2D eigenvalue weighted by molar-refractivity contribution is 0.0695. The van der Waals surface area contributed by atoms with Crippen molar-refractivity contribution in [2.75, 3.05) is 5.32 Å². The Morgan fingerprint density at radius 3 is 2.29 bits per heavy atom. The number of carboxylic acids is 1. The number of benzene rings is 2. The quantitative estimate of drug-likeness (QED) is 0.759. The highest BCUT2D eigenvalue weighted by molar-refractivity contribution is 6.42. The lowest BCUT2D eigenvalue weighted by atomic mass is 10.1. The van der Waals surface area contributed by atoms with Gasteiger partial charge in [0.2, 0.25) is 0 Å². The second-order valence-corrected chi connectivity index (χ2v) is 5.12. The van der Waals surface area contributed by atoms with Gasteiger partial charge in [0.25, 0.3) is 5.91 Å². The number of hydrogen-bond acceptors (Lipinski definition) is 3. The largest absolute Gasteiger partial charge is 0.478 e. The van der Waals surface area contributed by atoms with Crippen LogP contribution in [-0.2, 0) is 0 Å². The van der Waals surface area contributed by atoms with Crippen LogP contribution < -0.4 is 5.32 Å². The van der Waals surface area contributed by atoms with Crippen molar-refractivity contribution in [2.45, 2.75) is 0 Å². The minimum atomic E-state index is -1.22. The van der Waals surface area contributed by atoms with Gasteiger partial charge >= 0.3 is 5.97 Å². The molecule has 1 amide bonds. The molecule has 2 aromatic heterocycles. The summed E-state index contributed by atoms with van der Waals surface area (Å²) in [6.45, 7) is 0. The van der Waals surface area contributed by atoms with E-state index in [0.29, 0.717) is 10.7 Å². The second-order valence-electron chi connectivity index (χ2n) is 4.30. The van der Waals surface area contributed by atoms with E-state index in [1.807, 2.05) is 0 Å². The molecule has 0 saturated heterocycles. The summed E-state index contributed by atoms with van der Waals surface area (Å²) in [6, 6.07) is 7.63. The molecule has 2 bridgehead atoms. The summed E-state index contributed by atoms with van der Waals surface area (Å²) in [5.74, 6) is -1.80. The monoisotopic (exact) mass is 323 g/mol. The van der Waals surface area contributed by atoms with E-state index in [1.54, 1.807) is 12.1 Å². The van der Waals surface area contributed by atoms with Crippen LogP contribution in [0.2, 0.25) is 10.0 Å². The molecule has 3 aromatic rings. The summed E-state index contributed by atoms with van der Waals surface area (Å²) in [5.41, 5.74) is 0.636. The molecular weight excluding hydrogens is 317 g/mol. The van der Waals surface area contributed by atoms with E-state index in [0.717, 1.165) is 0 Å². The molecule has 0 aliphatic carbocycles. The molecular formula is C14H7Cl2NO4. The number of carboxylic acid groups (broad SMARTS) is 1. The van der Waals surface area contributed by atoms with Gasteiger partial charge in [0, 0.05) is 5.69 Å². The van der Waals surface area contributed by atoms with Gasteiger partial charge in [0.1, 0.15) is 22.3 Å². The Labute approximate surface area is 128 Å². The third-order valence-electron chi connectivity index (χ3n) is 2.97. The number of hydrogen-bond donors (Lipinski definition) is 2. The van der Waals surface area contributed by atoms with E-state index in [9.17, 15) is 14.7 Å². The van der Waals surface area contributed by atoms with Crippen molar-refractivity contribution in [3.05, 3.63) is 51.5 Å². The first-order valence-electron chi connectivity index (χ1n) is 5.82. The summed E-state index contributed by atoms with van der Waals surface area (Å²) in [5, 5.41) is 12.4. The number of furan rings is 2. The molecule has 2 heterocycles. The highest BCUT2D eigenvalue weighted by Crippen LogP contribution is 2.30. The van der Waals surface area contributed by atoms with Crippen LogP contribution in [-0.4, -0.2) is 17.0 Å². The maximum atomic E-state index is 12.3. The van der Waals surface area contributed by atoms with Gasteiger partial charge in [-0.3, -0.25) is 4.79 Å². The minimum Gasteiger partial charge on any atom is -0.478 e. The SMILES string of the molecule is O=C(O)c1c(C(=O)Nc2ccc(Cl)c(Cl)c2)c2ccc1o2. The Morgan fingerprint density at radius 1 is 1.00 bits per heavy atom. The normalized spacial score (nSPS) is 11.0. The minimum absolute atomic E-state index is 0.00827. The van der Waals surface area contributed by atoms with Crippen LogP contribution in [0.4, 0.5) is 5.69 Å². The zero-order chi connectivity index (χ0) is 15.1. The molecule has 0 aliphatic heterocycles. The van der Waals surface area contributed by atoms with E-state index in [4.69, 9.17) is 27.6 Å². The Kier molecular flexibility index (Phi) is 3.23. The van der Waals surface area contributed by atoms with Crippen molar-refractivity contribution in [3.8, 4) is 0 Å². The van der Waals surface area contributed by atoms with Crippen LogP contribution in [0.15, 0.2) is 34.7 Å². The van der Waals surface area contributed by atoms with Gasteiger partial charge in [-0.25, -0.2) is 4.79 Å². The zero-order valence-corrected chi connectivity index (χ0v) is 11.8. The average molecular weight is 324 g/mol. The Balaban J connectivity index is 1.96. The number of nitrogens with one attached hydrogen (secondary N) is 1. The fourth-order valence-corrected chi connectivity index (χ4v) is 2.36. The van der Waals surface area contributed by atoms with Crippen molar-refractivity contribution >= 4 is 51.9 Å². The standard InChI is InChI=1S/C14H7Cl2NO4/c15-7-2-1-6(5-8(7)16)17-13(18)11-9-3-4-10(21-9)12(11)14(19)20/h1-5H,(H,17,18)(H,19,20). The van der Waals surface area contributed by atoms with Crippen LogP contribution in [0.1, 0.15) is 20.7 Å². The molecule has 3 rings (SSSR count). The summed E-state index contributed by atoms with van der Waals surface area (Å²) in [7, 11) is 0. The first-order chi connectivity index (χ1) is 9.97. The summed E-state index contributed by atoms with van der Waals surface area (Å²) in [6.07, 6.45) is 0. The number of rotatable bonds is 3. The van der Waals surface area contributed by atoms with Crippen molar-refractivity contribution in [2.24, 2.45) is 0 Å². The third-order valence-corrected chi connectivity index (χ3v) is 3.71. The molecule has 0 saturated carbocycles. The number of amides is 1. The highest BCUT2D eigenvalue weighted by Gasteiger charge is 2.27. The van der Waals surface area contributed by atoms with Crippen molar-refractivity contribution < 1.29 is 19.1 Å². The molecule has 0 aliphatic rings. The first kappa shape index (κ1) is 13.7. The Morgan fingerprint density at radius 2 is 1.67 bits per heavy atom. The number of anilines is 1. The van der Waals surface area contributed by atoms with Crippen molar-refractivity contribution in [1.82, 2.24) is 0 Å². The smallest absolute Gasteiger partial charge is 0.340 e. The van der Waals surface area contributed by atoms with Gasteiger partial charge in [-0.2, -0.15) is 0 Å². The zero-order valence-electron chi connectivity index (χ0n) is 10.3. The summed E-state index contributed by atoms with van der Waals surface area (Å²) in [4.78, 5) is 23.5. The molecule has 7 heteroatoms. The molecule has 5 nitrogen and oxygen atoms in total. The van der Waals surface area contributed by atoms with Gasteiger partial charge in [-0.1, -0.05) is 23.2 Å². The maximum absolute atomic E-state index is 12.3. The maximum Gasteiger partial charge on any atom is 0.340 e. The number of fused-ring (bicyclic) bond motifs is 2. The molecule has 0 unspecified atom stereocenters. The van der Waals surface area contributed by atoms with Gasteiger partial charge in [-0.15, -0.1) is 0 Å². The van der Waals surface area contributed by atoms with Crippen molar-refractivity contribution in [1.29, 1.82) is 0 Å². The lowest BCUT2D eigenvalue weighted by Gasteiger charge is -2.06. The van der Waals surface area contributed by atoms with Gasteiger partial charge in [0.05, 0.1) is 10.0 Å². The van der Waals surface area contributed by atoms with Crippen LogP contribution in [0, 0.1) is 0 Å². The third kappa shape index (κ3) is 2.30. The number of carbonyl (C=O) groups excluding carboxylic acids is 1. The molecule has 21 heavy (non-hydrogen) atoms. The topological polar surface area (TPSA) is 79.5 Å². The van der Waals surface area contributed by atoms with Crippen molar-refractivity contribution in [3.63, 3.8) is 0 Å². The molecule has 2 N–H and O–H groups in total. The van der Waals surface area contributed by atoms with Crippen LogP contribution in [0.5, 0.6) is 0 Å². The van der Waals surface area contributed by atoms with E-state index in [1.165, 1.54) is 18.2 Å². The number of halogens is 2. The summed E-state index contributed by atoms with van der Waals surface area (Å²) >= 11 is 11.7.